The number of rotatable bonds is 6. The predicted molar refractivity (Wildman–Crippen MR) is 80.4 cm³/mol. The molecule has 0 aliphatic heterocycles. The Labute approximate surface area is 122 Å². The zero-order valence-electron chi connectivity index (χ0n) is 11.9. The molecule has 1 N–H and O–H groups in total. The molecule has 1 aromatic carbocycles. The smallest absolute Gasteiger partial charge is 0.311 e. The minimum atomic E-state index is -0.442. The lowest BCUT2D eigenvalue weighted by Crippen LogP contribution is -2.08. The summed E-state index contributed by atoms with van der Waals surface area (Å²) in [5.41, 5.74) is 1.76. The van der Waals surface area contributed by atoms with Gasteiger partial charge in [-0.2, -0.15) is 0 Å². The molecule has 0 saturated carbocycles. The number of aromatic nitrogens is 1. The van der Waals surface area contributed by atoms with Crippen molar-refractivity contribution in [2.45, 2.75) is 26.5 Å². The molecule has 0 aliphatic rings. The van der Waals surface area contributed by atoms with Gasteiger partial charge in [0.1, 0.15) is 0 Å². The van der Waals surface area contributed by atoms with Gasteiger partial charge in [-0.1, -0.05) is 6.07 Å². The Morgan fingerprint density at radius 2 is 2.19 bits per heavy atom. The number of ether oxygens (including phenoxy) is 1. The third kappa shape index (κ3) is 4.17. The second-order valence-electron chi connectivity index (χ2n) is 4.82. The van der Waals surface area contributed by atoms with Gasteiger partial charge >= 0.3 is 5.69 Å². The largest absolute Gasteiger partial charge is 0.484 e. The fourth-order valence-electron chi connectivity index (χ4n) is 1.83. The molecule has 0 saturated heterocycles. The van der Waals surface area contributed by atoms with E-state index in [0.29, 0.717) is 6.54 Å². The first-order valence-electron chi connectivity index (χ1n) is 6.64. The van der Waals surface area contributed by atoms with E-state index < -0.39 is 4.92 Å². The minimum absolute atomic E-state index is 0.0318. The highest BCUT2D eigenvalue weighted by Crippen LogP contribution is 2.31. The number of hydrogen-bond acceptors (Lipinski definition) is 5. The number of nitro groups is 1. The van der Waals surface area contributed by atoms with E-state index in [-0.39, 0.29) is 17.5 Å². The van der Waals surface area contributed by atoms with Crippen molar-refractivity contribution in [3.63, 3.8) is 0 Å². The molecule has 0 bridgehead atoms. The molecule has 1 aromatic heterocycles. The van der Waals surface area contributed by atoms with Crippen molar-refractivity contribution in [1.82, 2.24) is 4.98 Å². The molecule has 0 atom stereocenters. The zero-order valence-corrected chi connectivity index (χ0v) is 11.9. The summed E-state index contributed by atoms with van der Waals surface area (Å²) in [5.74, 6) is 0.270. The Morgan fingerprint density at radius 3 is 2.81 bits per heavy atom. The second kappa shape index (κ2) is 6.69. The summed E-state index contributed by atoms with van der Waals surface area (Å²) in [5, 5.41) is 14.2. The van der Waals surface area contributed by atoms with E-state index in [1.807, 2.05) is 26.0 Å². The highest BCUT2D eigenvalue weighted by Gasteiger charge is 2.16. The van der Waals surface area contributed by atoms with Crippen LogP contribution in [0.1, 0.15) is 19.4 Å². The molecule has 0 radical (unpaired) electrons. The molecule has 0 fully saturated rings. The van der Waals surface area contributed by atoms with E-state index in [4.69, 9.17) is 4.74 Å². The molecule has 6 heteroatoms. The van der Waals surface area contributed by atoms with Crippen molar-refractivity contribution < 1.29 is 9.66 Å². The molecule has 0 unspecified atom stereocenters. The van der Waals surface area contributed by atoms with Gasteiger partial charge in [0.2, 0.25) is 0 Å². The van der Waals surface area contributed by atoms with Crippen molar-refractivity contribution in [1.29, 1.82) is 0 Å². The van der Waals surface area contributed by atoms with Crippen molar-refractivity contribution in [3.05, 3.63) is 58.4 Å². The third-order valence-electron chi connectivity index (χ3n) is 2.74. The maximum atomic E-state index is 11.0. The highest BCUT2D eigenvalue weighted by atomic mass is 16.6. The van der Waals surface area contributed by atoms with E-state index in [2.05, 4.69) is 10.3 Å². The number of nitrogens with zero attached hydrogens (tertiary/aromatic N) is 2. The lowest BCUT2D eigenvalue weighted by molar-refractivity contribution is -0.386. The summed E-state index contributed by atoms with van der Waals surface area (Å²) in [7, 11) is 0. The number of hydrogen-bond donors (Lipinski definition) is 1. The molecule has 0 spiro atoms. The molecule has 0 aliphatic carbocycles. The van der Waals surface area contributed by atoms with Gasteiger partial charge in [0.05, 0.1) is 11.0 Å². The Kier molecular flexibility index (Phi) is 4.71. The summed E-state index contributed by atoms with van der Waals surface area (Å²) in [6, 6.07) is 8.58. The van der Waals surface area contributed by atoms with E-state index in [9.17, 15) is 10.1 Å². The molecule has 1 heterocycles. The van der Waals surface area contributed by atoms with Crippen LogP contribution in [0.3, 0.4) is 0 Å². The van der Waals surface area contributed by atoms with Crippen LogP contribution in [-0.4, -0.2) is 16.0 Å². The first-order chi connectivity index (χ1) is 10.1. The highest BCUT2D eigenvalue weighted by molar-refractivity contribution is 5.58. The average Bonchev–Trinajstić information content (AvgIpc) is 2.45. The zero-order chi connectivity index (χ0) is 15.2. The van der Waals surface area contributed by atoms with Crippen LogP contribution in [0.4, 0.5) is 11.4 Å². The van der Waals surface area contributed by atoms with Crippen LogP contribution in [0.25, 0.3) is 0 Å². The number of pyridine rings is 1. The van der Waals surface area contributed by atoms with Crippen LogP contribution < -0.4 is 10.1 Å². The van der Waals surface area contributed by atoms with Crippen LogP contribution in [0.5, 0.6) is 5.75 Å². The van der Waals surface area contributed by atoms with Gasteiger partial charge in [-0.05, 0) is 31.5 Å². The first-order valence-corrected chi connectivity index (χ1v) is 6.64. The van der Waals surface area contributed by atoms with Crippen molar-refractivity contribution in [3.8, 4) is 5.75 Å². The van der Waals surface area contributed by atoms with Gasteiger partial charge in [-0.15, -0.1) is 0 Å². The third-order valence-corrected chi connectivity index (χ3v) is 2.74. The van der Waals surface area contributed by atoms with Crippen molar-refractivity contribution in [2.75, 3.05) is 5.32 Å². The molecule has 110 valence electrons. The van der Waals surface area contributed by atoms with Crippen molar-refractivity contribution in [2.24, 2.45) is 0 Å². The van der Waals surface area contributed by atoms with Gasteiger partial charge in [0.15, 0.2) is 5.75 Å². The van der Waals surface area contributed by atoms with Gasteiger partial charge < -0.3 is 10.1 Å². The molecule has 2 aromatic rings. The molecular formula is C15H17N3O3. The van der Waals surface area contributed by atoms with E-state index >= 15 is 0 Å². The second-order valence-corrected chi connectivity index (χ2v) is 4.82. The molecular weight excluding hydrogens is 270 g/mol. The lowest BCUT2D eigenvalue weighted by Gasteiger charge is -2.12. The number of nitro benzene ring substituents is 1. The van der Waals surface area contributed by atoms with E-state index in [1.54, 1.807) is 24.5 Å². The van der Waals surface area contributed by atoms with Crippen molar-refractivity contribution >= 4 is 11.4 Å². The average molecular weight is 287 g/mol. The Balaban J connectivity index is 2.15. The Hall–Kier alpha value is -2.63. The van der Waals surface area contributed by atoms with Crippen LogP contribution in [0, 0.1) is 10.1 Å². The number of benzene rings is 1. The number of anilines is 1. The topological polar surface area (TPSA) is 77.3 Å². The normalized spacial score (nSPS) is 10.4. The summed E-state index contributed by atoms with van der Waals surface area (Å²) in [4.78, 5) is 14.6. The summed E-state index contributed by atoms with van der Waals surface area (Å²) >= 11 is 0. The monoisotopic (exact) mass is 287 g/mol. The fourth-order valence-corrected chi connectivity index (χ4v) is 1.83. The first kappa shape index (κ1) is 14.8. The lowest BCUT2D eigenvalue weighted by atomic mass is 10.2. The minimum Gasteiger partial charge on any atom is -0.484 e. The van der Waals surface area contributed by atoms with Crippen LogP contribution >= 0.6 is 0 Å². The van der Waals surface area contributed by atoms with Gasteiger partial charge in [0.25, 0.3) is 0 Å². The quantitative estimate of drug-likeness (QED) is 0.651. The van der Waals surface area contributed by atoms with Gasteiger partial charge in [-0.3, -0.25) is 15.1 Å². The summed E-state index contributed by atoms with van der Waals surface area (Å²) in [6.07, 6.45) is 3.35. The Morgan fingerprint density at radius 1 is 1.38 bits per heavy atom. The number of nitrogens with one attached hydrogen (secondary N) is 1. The van der Waals surface area contributed by atoms with E-state index in [1.165, 1.54) is 6.07 Å². The van der Waals surface area contributed by atoms with Crippen LogP contribution in [-0.2, 0) is 6.54 Å². The molecule has 0 amide bonds. The maximum Gasteiger partial charge on any atom is 0.311 e. The van der Waals surface area contributed by atoms with E-state index in [0.717, 1.165) is 11.3 Å². The standard InChI is InChI=1S/C15H17N3O3/c1-11(2)21-15-8-13(5-6-14(15)18(19)20)17-10-12-4-3-7-16-9-12/h3-9,11,17H,10H2,1-2H3. The Bertz CT molecular complexity index is 615. The van der Waals surface area contributed by atoms with Crippen LogP contribution in [0.15, 0.2) is 42.7 Å². The SMILES string of the molecule is CC(C)Oc1cc(NCc2cccnc2)ccc1[N+](=O)[O-]. The molecule has 6 nitrogen and oxygen atoms in total. The molecule has 2 rings (SSSR count). The fraction of sp³-hybridized carbons (Fsp3) is 0.267. The maximum absolute atomic E-state index is 11.0. The van der Waals surface area contributed by atoms with Crippen LogP contribution in [0.2, 0.25) is 0 Å². The van der Waals surface area contributed by atoms with Gasteiger partial charge in [-0.25, -0.2) is 0 Å². The molecule has 21 heavy (non-hydrogen) atoms. The van der Waals surface area contributed by atoms with Gasteiger partial charge in [0, 0.05) is 36.8 Å². The summed E-state index contributed by atoms with van der Waals surface area (Å²) < 4.78 is 5.51. The summed E-state index contributed by atoms with van der Waals surface area (Å²) in [6.45, 7) is 4.26. The predicted octanol–water partition coefficient (Wildman–Crippen LogP) is 3.39.